The van der Waals surface area contributed by atoms with Crippen molar-refractivity contribution in [2.24, 2.45) is 4.99 Å². The molecule has 1 fully saturated rings. The van der Waals surface area contributed by atoms with Gasteiger partial charge in [0.05, 0.1) is 0 Å². The van der Waals surface area contributed by atoms with Gasteiger partial charge in [0.15, 0.2) is 23.3 Å². The fraction of sp³-hybridized carbons (Fsp3) is 0.316. The molecule has 0 aromatic heterocycles. The van der Waals surface area contributed by atoms with E-state index in [-0.39, 0.29) is 6.42 Å². The van der Waals surface area contributed by atoms with Crippen molar-refractivity contribution in [1.82, 2.24) is 4.90 Å². The van der Waals surface area contributed by atoms with Crippen LogP contribution in [0.1, 0.15) is 24.8 Å². The van der Waals surface area contributed by atoms with E-state index in [4.69, 9.17) is 0 Å². The molecule has 0 radical (unpaired) electrons. The average Bonchev–Trinajstić information content (AvgIpc) is 2.68. The van der Waals surface area contributed by atoms with Crippen molar-refractivity contribution in [3.8, 4) is 0 Å². The monoisotopic (exact) mass is 368 g/mol. The largest absolute Gasteiger partial charge is 0.360 e. The van der Waals surface area contributed by atoms with Crippen molar-refractivity contribution >= 4 is 11.5 Å². The summed E-state index contributed by atoms with van der Waals surface area (Å²) < 4.78 is 68.3. The van der Waals surface area contributed by atoms with Crippen LogP contribution in [0.25, 0.3) is 0 Å². The summed E-state index contributed by atoms with van der Waals surface area (Å²) in [7, 11) is 0. The minimum absolute atomic E-state index is 0.236. The molecular weight excluding hydrogens is 351 g/mol. The minimum atomic E-state index is -2.18. The van der Waals surface area contributed by atoms with Gasteiger partial charge in [0.2, 0.25) is 5.82 Å². The lowest BCUT2D eigenvalue weighted by molar-refractivity contribution is 0.337. The lowest BCUT2D eigenvalue weighted by atomic mass is 10.1. The zero-order valence-electron chi connectivity index (χ0n) is 13.9. The van der Waals surface area contributed by atoms with Gasteiger partial charge >= 0.3 is 0 Å². The predicted octanol–water partition coefficient (Wildman–Crippen LogP) is 5.14. The Kier molecular flexibility index (Phi) is 5.54. The molecule has 0 spiro atoms. The molecule has 0 N–H and O–H groups in total. The maximum atomic E-state index is 14.0. The minimum Gasteiger partial charge on any atom is -0.360 e. The molecule has 2 aromatic carbocycles. The Hall–Kier alpha value is -2.44. The summed E-state index contributed by atoms with van der Waals surface area (Å²) in [5.74, 6) is -9.69. The highest BCUT2D eigenvalue weighted by Crippen LogP contribution is 2.30. The molecule has 0 atom stereocenters. The molecule has 7 heteroatoms. The SMILES string of the molecule is Fc1c(F)c(F)c(N=C(Cc2ccccc2)N2CCCCC2)c(F)c1F. The molecule has 2 aromatic rings. The van der Waals surface area contributed by atoms with Crippen molar-refractivity contribution in [1.29, 1.82) is 0 Å². The van der Waals surface area contributed by atoms with Crippen LogP contribution in [-0.4, -0.2) is 23.8 Å². The van der Waals surface area contributed by atoms with E-state index in [2.05, 4.69) is 4.99 Å². The summed E-state index contributed by atoms with van der Waals surface area (Å²) in [5, 5.41) is 0. The van der Waals surface area contributed by atoms with Crippen LogP contribution in [0.3, 0.4) is 0 Å². The van der Waals surface area contributed by atoms with Gasteiger partial charge in [0.1, 0.15) is 11.5 Å². The van der Waals surface area contributed by atoms with Gasteiger partial charge in [-0.25, -0.2) is 26.9 Å². The number of rotatable bonds is 3. The van der Waals surface area contributed by atoms with E-state index in [1.165, 1.54) is 0 Å². The van der Waals surface area contributed by atoms with Crippen LogP contribution >= 0.6 is 0 Å². The summed E-state index contributed by atoms with van der Waals surface area (Å²) in [6.07, 6.45) is 3.02. The van der Waals surface area contributed by atoms with Crippen LogP contribution in [0.15, 0.2) is 35.3 Å². The van der Waals surface area contributed by atoms with E-state index in [1.54, 1.807) is 0 Å². The van der Waals surface area contributed by atoms with Gasteiger partial charge in [0.25, 0.3) is 0 Å². The summed E-state index contributed by atoms with van der Waals surface area (Å²) in [6, 6.07) is 9.07. The van der Waals surface area contributed by atoms with E-state index >= 15 is 0 Å². The van der Waals surface area contributed by atoms with Crippen LogP contribution < -0.4 is 0 Å². The van der Waals surface area contributed by atoms with Gasteiger partial charge in [-0.15, -0.1) is 0 Å². The van der Waals surface area contributed by atoms with E-state index in [9.17, 15) is 22.0 Å². The number of aliphatic imine (C=N–C) groups is 1. The number of hydrogen-bond acceptors (Lipinski definition) is 1. The van der Waals surface area contributed by atoms with Crippen molar-refractivity contribution < 1.29 is 22.0 Å². The predicted molar refractivity (Wildman–Crippen MR) is 88.9 cm³/mol. The number of hydrogen-bond donors (Lipinski definition) is 0. The van der Waals surface area contributed by atoms with Crippen molar-refractivity contribution in [3.63, 3.8) is 0 Å². The lowest BCUT2D eigenvalue weighted by Gasteiger charge is -2.30. The van der Waals surface area contributed by atoms with Crippen LogP contribution in [0.2, 0.25) is 0 Å². The fourth-order valence-electron chi connectivity index (χ4n) is 2.97. The molecule has 138 valence electrons. The highest BCUT2D eigenvalue weighted by atomic mass is 19.2. The third-order valence-corrected chi connectivity index (χ3v) is 4.35. The maximum Gasteiger partial charge on any atom is 0.200 e. The normalized spacial score (nSPS) is 15.4. The Morgan fingerprint density at radius 2 is 1.31 bits per heavy atom. The molecule has 1 heterocycles. The molecule has 0 amide bonds. The lowest BCUT2D eigenvalue weighted by Crippen LogP contribution is -2.36. The zero-order chi connectivity index (χ0) is 18.7. The average molecular weight is 368 g/mol. The highest BCUT2D eigenvalue weighted by Gasteiger charge is 2.27. The second kappa shape index (κ2) is 7.85. The number of piperidine rings is 1. The number of halogens is 5. The first-order valence-electron chi connectivity index (χ1n) is 8.37. The van der Waals surface area contributed by atoms with Crippen LogP contribution in [0.4, 0.5) is 27.6 Å². The molecule has 0 unspecified atom stereocenters. The van der Waals surface area contributed by atoms with Gasteiger partial charge in [-0.05, 0) is 24.8 Å². The molecule has 3 rings (SSSR count). The van der Waals surface area contributed by atoms with E-state index in [0.717, 1.165) is 24.8 Å². The van der Waals surface area contributed by atoms with Crippen molar-refractivity contribution in [2.75, 3.05) is 13.1 Å². The van der Waals surface area contributed by atoms with E-state index in [1.807, 2.05) is 35.2 Å². The third-order valence-electron chi connectivity index (χ3n) is 4.35. The fourth-order valence-corrected chi connectivity index (χ4v) is 2.97. The van der Waals surface area contributed by atoms with Gasteiger partial charge < -0.3 is 4.90 Å². The van der Waals surface area contributed by atoms with Crippen LogP contribution in [-0.2, 0) is 6.42 Å². The maximum absolute atomic E-state index is 14.0. The second-order valence-electron chi connectivity index (χ2n) is 6.16. The van der Waals surface area contributed by atoms with Gasteiger partial charge in [-0.1, -0.05) is 30.3 Å². The summed E-state index contributed by atoms with van der Waals surface area (Å²) in [6.45, 7) is 1.25. The first kappa shape index (κ1) is 18.4. The Balaban J connectivity index is 2.06. The van der Waals surface area contributed by atoms with Gasteiger partial charge in [0, 0.05) is 19.5 Å². The molecule has 1 aliphatic rings. The number of benzene rings is 2. The van der Waals surface area contributed by atoms with Gasteiger partial charge in [-0.3, -0.25) is 0 Å². The zero-order valence-corrected chi connectivity index (χ0v) is 13.9. The van der Waals surface area contributed by atoms with Crippen molar-refractivity contribution in [2.45, 2.75) is 25.7 Å². The summed E-state index contributed by atoms with van der Waals surface area (Å²) in [5.41, 5.74) is -0.307. The van der Waals surface area contributed by atoms with Crippen LogP contribution in [0, 0.1) is 29.1 Å². The molecule has 1 saturated heterocycles. The Morgan fingerprint density at radius 1 is 0.769 bits per heavy atom. The number of amidine groups is 1. The molecular formula is C19H17F5N2. The van der Waals surface area contributed by atoms with Crippen molar-refractivity contribution in [3.05, 3.63) is 65.0 Å². The third kappa shape index (κ3) is 3.71. The summed E-state index contributed by atoms with van der Waals surface area (Å²) in [4.78, 5) is 5.73. The molecule has 1 aliphatic heterocycles. The highest BCUT2D eigenvalue weighted by molar-refractivity contribution is 5.87. The van der Waals surface area contributed by atoms with E-state index < -0.39 is 34.8 Å². The quantitative estimate of drug-likeness (QED) is 0.241. The van der Waals surface area contributed by atoms with Gasteiger partial charge in [-0.2, -0.15) is 0 Å². The number of likely N-dealkylation sites (tertiary alicyclic amines) is 1. The summed E-state index contributed by atoms with van der Waals surface area (Å²) >= 11 is 0. The number of nitrogens with zero attached hydrogens (tertiary/aromatic N) is 2. The van der Waals surface area contributed by atoms with Crippen LogP contribution in [0.5, 0.6) is 0 Å². The first-order valence-corrected chi connectivity index (χ1v) is 8.37. The first-order chi connectivity index (χ1) is 12.5. The molecule has 2 nitrogen and oxygen atoms in total. The topological polar surface area (TPSA) is 15.6 Å². The Bertz CT molecular complexity index is 785. The standard InChI is InChI=1S/C19H17F5N2/c20-14-15(21)17(23)19(18(24)16(14)22)25-13(26-9-5-2-6-10-26)11-12-7-3-1-4-8-12/h1,3-4,7-8H,2,5-6,9-11H2. The molecule has 0 aliphatic carbocycles. The Morgan fingerprint density at radius 3 is 1.88 bits per heavy atom. The molecule has 0 saturated carbocycles. The van der Waals surface area contributed by atoms with E-state index in [0.29, 0.717) is 18.9 Å². The second-order valence-corrected chi connectivity index (χ2v) is 6.16. The Labute approximate surface area is 148 Å². The molecule has 0 bridgehead atoms. The smallest absolute Gasteiger partial charge is 0.200 e. The molecule has 26 heavy (non-hydrogen) atoms.